The van der Waals surface area contributed by atoms with Crippen molar-refractivity contribution in [3.05, 3.63) is 36.2 Å². The predicted octanol–water partition coefficient (Wildman–Crippen LogP) is 1.82. The fraction of sp³-hybridized carbons (Fsp3) is 0.421. The van der Waals surface area contributed by atoms with Crippen molar-refractivity contribution in [2.24, 2.45) is 13.0 Å². The number of carbonyl (C=O) groups excluding carboxylic acids is 3. The average Bonchev–Trinajstić information content (AvgIpc) is 3.14. The summed E-state index contributed by atoms with van der Waals surface area (Å²) < 4.78 is 6.45. The number of methoxy groups -OCH3 is 1. The van der Waals surface area contributed by atoms with Gasteiger partial charge in [-0.1, -0.05) is 24.8 Å². The largest absolute Gasteiger partial charge is 0.469 e. The molecule has 1 N–H and O–H groups in total. The van der Waals surface area contributed by atoms with Crippen molar-refractivity contribution in [1.29, 1.82) is 0 Å². The molecule has 1 atom stereocenters. The highest BCUT2D eigenvalue weighted by molar-refractivity contribution is 7.99. The summed E-state index contributed by atoms with van der Waals surface area (Å²) in [5, 5.41) is 11.1. The Kier molecular flexibility index (Phi) is 8.20. The highest BCUT2D eigenvalue weighted by atomic mass is 32.2. The number of amides is 2. The number of nitrogens with zero attached hydrogens (tertiary/aromatic N) is 4. The van der Waals surface area contributed by atoms with Gasteiger partial charge in [0, 0.05) is 31.4 Å². The van der Waals surface area contributed by atoms with Crippen LogP contribution in [0.4, 0.5) is 5.69 Å². The number of hydrogen-bond acceptors (Lipinski definition) is 7. The Labute approximate surface area is 173 Å². The molecule has 1 aromatic heterocycles. The average molecular weight is 420 g/mol. The normalized spacial score (nSPS) is 11.6. The van der Waals surface area contributed by atoms with E-state index >= 15 is 0 Å². The van der Waals surface area contributed by atoms with Gasteiger partial charge in [0.1, 0.15) is 6.33 Å². The van der Waals surface area contributed by atoms with E-state index in [1.165, 1.54) is 18.9 Å². The standard InChI is InChI=1S/C19H25N5O4S/c1-5-24(10-13(2)18(27)28-4)17(26)14-7-6-8-15(9-14)21-16(25)11-29-19-22-20-12-23(19)3/h6-9,12-13H,5,10-11H2,1-4H3,(H,21,25). The van der Waals surface area contributed by atoms with Gasteiger partial charge in [0.25, 0.3) is 5.91 Å². The van der Waals surface area contributed by atoms with Gasteiger partial charge < -0.3 is 19.5 Å². The Morgan fingerprint density at radius 2 is 2.10 bits per heavy atom. The lowest BCUT2D eigenvalue weighted by Crippen LogP contribution is -2.37. The molecule has 0 fully saturated rings. The van der Waals surface area contributed by atoms with Crippen molar-refractivity contribution in [2.45, 2.75) is 19.0 Å². The van der Waals surface area contributed by atoms with Gasteiger partial charge in [-0.15, -0.1) is 10.2 Å². The van der Waals surface area contributed by atoms with Crippen molar-refractivity contribution >= 4 is 35.2 Å². The quantitative estimate of drug-likeness (QED) is 0.488. The molecule has 0 aliphatic rings. The molecule has 29 heavy (non-hydrogen) atoms. The van der Waals surface area contributed by atoms with Gasteiger partial charge in [-0.3, -0.25) is 14.4 Å². The lowest BCUT2D eigenvalue weighted by molar-refractivity contribution is -0.145. The summed E-state index contributed by atoms with van der Waals surface area (Å²) in [5.41, 5.74) is 0.958. The van der Waals surface area contributed by atoms with Gasteiger partial charge >= 0.3 is 5.97 Å². The van der Waals surface area contributed by atoms with E-state index in [-0.39, 0.29) is 30.1 Å². The number of hydrogen-bond donors (Lipinski definition) is 1. The smallest absolute Gasteiger partial charge is 0.310 e. The lowest BCUT2D eigenvalue weighted by atomic mass is 10.1. The molecule has 0 spiro atoms. The van der Waals surface area contributed by atoms with E-state index in [9.17, 15) is 14.4 Å². The minimum absolute atomic E-state index is 0.169. The number of ether oxygens (including phenoxy) is 1. The van der Waals surface area contributed by atoms with E-state index < -0.39 is 5.92 Å². The number of carbonyl (C=O) groups is 3. The third-order valence-corrected chi connectivity index (χ3v) is 5.20. The van der Waals surface area contributed by atoms with Crippen LogP contribution < -0.4 is 5.32 Å². The van der Waals surface area contributed by atoms with E-state index in [0.29, 0.717) is 23.0 Å². The summed E-state index contributed by atoms with van der Waals surface area (Å²) in [6, 6.07) is 6.72. The Balaban J connectivity index is 1.99. The molecule has 0 aliphatic carbocycles. The first-order chi connectivity index (χ1) is 13.8. The van der Waals surface area contributed by atoms with Crippen LogP contribution in [0.1, 0.15) is 24.2 Å². The van der Waals surface area contributed by atoms with Crippen LogP contribution in [0.15, 0.2) is 35.7 Å². The van der Waals surface area contributed by atoms with Gasteiger partial charge in [-0.25, -0.2) is 0 Å². The third-order valence-electron chi connectivity index (χ3n) is 4.16. The minimum atomic E-state index is -0.426. The maximum absolute atomic E-state index is 12.8. The van der Waals surface area contributed by atoms with E-state index in [1.807, 2.05) is 6.92 Å². The number of benzene rings is 1. The van der Waals surface area contributed by atoms with Crippen LogP contribution in [0, 0.1) is 5.92 Å². The van der Waals surface area contributed by atoms with Crippen LogP contribution in [0.2, 0.25) is 0 Å². The van der Waals surface area contributed by atoms with Crippen molar-refractivity contribution < 1.29 is 19.1 Å². The monoisotopic (exact) mass is 419 g/mol. The topological polar surface area (TPSA) is 106 Å². The number of anilines is 1. The summed E-state index contributed by atoms with van der Waals surface area (Å²) in [4.78, 5) is 38.2. The predicted molar refractivity (Wildman–Crippen MR) is 110 cm³/mol. The number of rotatable bonds is 9. The second-order valence-electron chi connectivity index (χ2n) is 6.41. The fourth-order valence-corrected chi connectivity index (χ4v) is 3.29. The van der Waals surface area contributed by atoms with Crippen molar-refractivity contribution in [1.82, 2.24) is 19.7 Å². The van der Waals surface area contributed by atoms with Crippen molar-refractivity contribution in [3.63, 3.8) is 0 Å². The molecule has 1 aromatic carbocycles. The van der Waals surface area contributed by atoms with Gasteiger partial charge in [-0.05, 0) is 25.1 Å². The molecule has 2 amide bonds. The second-order valence-corrected chi connectivity index (χ2v) is 7.35. The summed E-state index contributed by atoms with van der Waals surface area (Å²) in [7, 11) is 3.13. The van der Waals surface area contributed by atoms with E-state index in [2.05, 4.69) is 15.5 Å². The second kappa shape index (κ2) is 10.6. The fourth-order valence-electron chi connectivity index (χ4n) is 2.60. The first kappa shape index (κ1) is 22.4. The number of aromatic nitrogens is 3. The molecule has 1 unspecified atom stereocenters. The molecule has 9 nitrogen and oxygen atoms in total. The van der Waals surface area contributed by atoms with Crippen molar-refractivity contribution in [3.8, 4) is 0 Å². The highest BCUT2D eigenvalue weighted by Crippen LogP contribution is 2.17. The summed E-state index contributed by atoms with van der Waals surface area (Å²) in [5.74, 6) is -1.05. The number of nitrogens with one attached hydrogen (secondary N) is 1. The van der Waals surface area contributed by atoms with Crippen LogP contribution in [0.5, 0.6) is 0 Å². The molecule has 0 saturated heterocycles. The lowest BCUT2D eigenvalue weighted by Gasteiger charge is -2.23. The Hall–Kier alpha value is -2.88. The minimum Gasteiger partial charge on any atom is -0.469 e. The van der Waals surface area contributed by atoms with Crippen molar-refractivity contribution in [2.75, 3.05) is 31.3 Å². The third kappa shape index (κ3) is 6.31. The Bertz CT molecular complexity index is 870. The number of thioether (sulfide) groups is 1. The molecule has 0 saturated carbocycles. The molecule has 0 aliphatic heterocycles. The maximum Gasteiger partial charge on any atom is 0.310 e. The van der Waals surface area contributed by atoms with E-state index in [1.54, 1.807) is 54.0 Å². The first-order valence-corrected chi connectivity index (χ1v) is 10.1. The van der Waals surface area contributed by atoms with Crippen LogP contribution in [0.3, 0.4) is 0 Å². The molecule has 1 heterocycles. The SMILES string of the molecule is CCN(CC(C)C(=O)OC)C(=O)c1cccc(NC(=O)CSc2nncn2C)c1. The highest BCUT2D eigenvalue weighted by Gasteiger charge is 2.21. The van der Waals surface area contributed by atoms with Crippen LogP contribution in [-0.4, -0.2) is 63.4 Å². The first-order valence-electron chi connectivity index (χ1n) is 9.09. The zero-order valence-corrected chi connectivity index (χ0v) is 17.7. The zero-order valence-electron chi connectivity index (χ0n) is 16.9. The van der Waals surface area contributed by atoms with Gasteiger partial charge in [-0.2, -0.15) is 0 Å². The Morgan fingerprint density at radius 1 is 1.34 bits per heavy atom. The number of esters is 1. The summed E-state index contributed by atoms with van der Waals surface area (Å²) in [6.45, 7) is 4.27. The molecule has 0 bridgehead atoms. The molecular weight excluding hydrogens is 394 g/mol. The van der Waals surface area contributed by atoms with Gasteiger partial charge in [0.05, 0.1) is 18.8 Å². The van der Waals surface area contributed by atoms with Gasteiger partial charge in [0.2, 0.25) is 5.91 Å². The molecule has 2 aromatic rings. The van der Waals surface area contributed by atoms with E-state index in [4.69, 9.17) is 4.74 Å². The van der Waals surface area contributed by atoms with Gasteiger partial charge in [0.15, 0.2) is 5.16 Å². The van der Waals surface area contributed by atoms with Crippen LogP contribution in [0.25, 0.3) is 0 Å². The van der Waals surface area contributed by atoms with Crippen LogP contribution in [-0.2, 0) is 21.4 Å². The maximum atomic E-state index is 12.8. The molecule has 10 heteroatoms. The summed E-state index contributed by atoms with van der Waals surface area (Å²) in [6.07, 6.45) is 1.57. The van der Waals surface area contributed by atoms with E-state index in [0.717, 1.165) is 0 Å². The Morgan fingerprint density at radius 3 is 2.72 bits per heavy atom. The van der Waals surface area contributed by atoms with Crippen LogP contribution >= 0.6 is 11.8 Å². The molecule has 0 radical (unpaired) electrons. The number of aryl methyl sites for hydroxylation is 1. The molecule has 156 valence electrons. The molecular formula is C19H25N5O4S. The summed E-state index contributed by atoms with van der Waals surface area (Å²) >= 11 is 1.27. The molecule has 2 rings (SSSR count). The zero-order chi connectivity index (χ0) is 21.4.